The van der Waals surface area contributed by atoms with Crippen LogP contribution in [-0.4, -0.2) is 22.6 Å². The first-order chi connectivity index (χ1) is 7.95. The van der Waals surface area contributed by atoms with Crippen molar-refractivity contribution < 1.29 is 4.74 Å². The Morgan fingerprint density at radius 3 is 2.35 bits per heavy atom. The molecule has 96 valence electrons. The maximum atomic E-state index is 5.61. The van der Waals surface area contributed by atoms with E-state index < -0.39 is 5.60 Å². The highest BCUT2D eigenvalue weighted by Crippen LogP contribution is 2.20. The molecule has 1 rings (SSSR count). The van der Waals surface area contributed by atoms with Crippen molar-refractivity contribution >= 4 is 0 Å². The second kappa shape index (κ2) is 6.07. The Balaban J connectivity index is 2.67. The molecule has 1 N–H and O–H groups in total. The fourth-order valence-electron chi connectivity index (χ4n) is 1.50. The number of ether oxygens (including phenoxy) is 1. The normalized spacial score (nSPS) is 12.1. The molecule has 0 aromatic carbocycles. The zero-order valence-electron chi connectivity index (χ0n) is 11.4. The topological polar surface area (TPSA) is 47.0 Å². The summed E-state index contributed by atoms with van der Waals surface area (Å²) >= 11 is 0. The van der Waals surface area contributed by atoms with E-state index in [1.807, 2.05) is 33.2 Å². The monoisotopic (exact) mass is 237 g/mol. The molecule has 1 aromatic rings. The van der Waals surface area contributed by atoms with Gasteiger partial charge in [0.05, 0.1) is 0 Å². The van der Waals surface area contributed by atoms with Gasteiger partial charge >= 0.3 is 0 Å². The third-order valence-electron chi connectivity index (χ3n) is 2.46. The molecule has 0 saturated heterocycles. The van der Waals surface area contributed by atoms with Crippen molar-refractivity contribution in [2.75, 3.05) is 6.61 Å². The second-order valence-electron chi connectivity index (χ2n) is 4.89. The lowest BCUT2D eigenvalue weighted by molar-refractivity contribution is -0.0208. The Hall–Kier alpha value is -1.00. The fraction of sp³-hybridized carbons (Fsp3) is 0.692. The number of hydrogen-bond acceptors (Lipinski definition) is 4. The highest BCUT2D eigenvalue weighted by Gasteiger charge is 2.23. The van der Waals surface area contributed by atoms with E-state index in [2.05, 4.69) is 29.1 Å². The summed E-state index contributed by atoms with van der Waals surface area (Å²) < 4.78 is 5.61. The second-order valence-corrected chi connectivity index (χ2v) is 4.89. The van der Waals surface area contributed by atoms with E-state index >= 15 is 0 Å². The van der Waals surface area contributed by atoms with Crippen LogP contribution >= 0.6 is 0 Å². The summed E-state index contributed by atoms with van der Waals surface area (Å²) in [6.07, 6.45) is 3.72. The summed E-state index contributed by atoms with van der Waals surface area (Å²) in [5, 5.41) is 3.33. The molecule has 0 aliphatic rings. The largest absolute Gasteiger partial charge is 0.368 e. The van der Waals surface area contributed by atoms with Gasteiger partial charge in [0.1, 0.15) is 5.60 Å². The van der Waals surface area contributed by atoms with Gasteiger partial charge in [-0.25, -0.2) is 9.97 Å². The molecule has 0 saturated carbocycles. The van der Waals surface area contributed by atoms with Crippen LogP contribution in [0.5, 0.6) is 0 Å². The molecular formula is C13H23N3O. The number of nitrogens with zero attached hydrogens (tertiary/aromatic N) is 2. The molecule has 0 bridgehead atoms. The van der Waals surface area contributed by atoms with E-state index in [9.17, 15) is 0 Å². The van der Waals surface area contributed by atoms with Gasteiger partial charge in [-0.1, -0.05) is 13.8 Å². The molecular weight excluding hydrogens is 214 g/mol. The lowest BCUT2D eigenvalue weighted by atomic mass is 10.1. The molecule has 17 heavy (non-hydrogen) atoms. The van der Waals surface area contributed by atoms with Gasteiger partial charge in [-0.15, -0.1) is 0 Å². The van der Waals surface area contributed by atoms with Crippen LogP contribution in [0.15, 0.2) is 12.4 Å². The lowest BCUT2D eigenvalue weighted by Gasteiger charge is -2.22. The Kier molecular flexibility index (Phi) is 5.02. The fourth-order valence-corrected chi connectivity index (χ4v) is 1.50. The van der Waals surface area contributed by atoms with E-state index in [4.69, 9.17) is 4.74 Å². The quantitative estimate of drug-likeness (QED) is 0.824. The summed E-state index contributed by atoms with van der Waals surface area (Å²) in [5.74, 6) is 0.729. The predicted molar refractivity (Wildman–Crippen MR) is 68.7 cm³/mol. The minimum absolute atomic E-state index is 0.418. The highest BCUT2D eigenvalue weighted by molar-refractivity contribution is 5.08. The van der Waals surface area contributed by atoms with Gasteiger partial charge in [0, 0.05) is 37.2 Å². The van der Waals surface area contributed by atoms with Crippen LogP contribution in [0.3, 0.4) is 0 Å². The van der Waals surface area contributed by atoms with E-state index in [1.54, 1.807) is 0 Å². The van der Waals surface area contributed by atoms with Gasteiger partial charge in [0.25, 0.3) is 0 Å². The van der Waals surface area contributed by atoms with Gasteiger partial charge < -0.3 is 10.1 Å². The maximum Gasteiger partial charge on any atom is 0.159 e. The van der Waals surface area contributed by atoms with E-state index in [1.165, 1.54) is 0 Å². The van der Waals surface area contributed by atoms with Crippen LogP contribution in [0.4, 0.5) is 0 Å². The number of rotatable bonds is 6. The van der Waals surface area contributed by atoms with Crippen LogP contribution < -0.4 is 5.32 Å². The van der Waals surface area contributed by atoms with Gasteiger partial charge in [-0.2, -0.15) is 0 Å². The molecule has 0 unspecified atom stereocenters. The van der Waals surface area contributed by atoms with Crippen molar-refractivity contribution in [2.45, 2.75) is 52.8 Å². The average molecular weight is 237 g/mol. The SMILES string of the molecule is CCOC(C)(C)c1ncc(CNC(C)C)cn1. The predicted octanol–water partition coefficient (Wildman–Crippen LogP) is 2.25. The lowest BCUT2D eigenvalue weighted by Crippen LogP contribution is -2.25. The van der Waals surface area contributed by atoms with Crippen molar-refractivity contribution in [1.82, 2.24) is 15.3 Å². The van der Waals surface area contributed by atoms with Crippen molar-refractivity contribution in [2.24, 2.45) is 0 Å². The van der Waals surface area contributed by atoms with E-state index in [0.717, 1.165) is 17.9 Å². The van der Waals surface area contributed by atoms with Crippen molar-refractivity contribution in [3.63, 3.8) is 0 Å². The van der Waals surface area contributed by atoms with Crippen LogP contribution in [0.2, 0.25) is 0 Å². The Labute approximate surface area is 104 Å². The number of nitrogens with one attached hydrogen (secondary N) is 1. The summed E-state index contributed by atoms with van der Waals surface area (Å²) in [7, 11) is 0. The summed E-state index contributed by atoms with van der Waals surface area (Å²) in [6.45, 7) is 11.6. The number of hydrogen-bond donors (Lipinski definition) is 1. The number of aromatic nitrogens is 2. The van der Waals surface area contributed by atoms with Gasteiger partial charge in [-0.3, -0.25) is 0 Å². The van der Waals surface area contributed by atoms with Crippen LogP contribution in [0.1, 0.15) is 46.0 Å². The molecule has 1 aromatic heterocycles. The first-order valence-corrected chi connectivity index (χ1v) is 6.14. The van der Waals surface area contributed by atoms with Gasteiger partial charge in [0.15, 0.2) is 5.82 Å². The molecule has 0 amide bonds. The van der Waals surface area contributed by atoms with Crippen LogP contribution in [0, 0.1) is 0 Å². The average Bonchev–Trinajstić information content (AvgIpc) is 2.27. The molecule has 4 nitrogen and oxygen atoms in total. The molecule has 0 aliphatic carbocycles. The minimum Gasteiger partial charge on any atom is -0.368 e. The van der Waals surface area contributed by atoms with Crippen molar-refractivity contribution in [3.8, 4) is 0 Å². The third-order valence-corrected chi connectivity index (χ3v) is 2.46. The van der Waals surface area contributed by atoms with Crippen molar-refractivity contribution in [1.29, 1.82) is 0 Å². The zero-order chi connectivity index (χ0) is 12.9. The van der Waals surface area contributed by atoms with Crippen LogP contribution in [0.25, 0.3) is 0 Å². The molecule has 0 fully saturated rings. The maximum absolute atomic E-state index is 5.61. The first-order valence-electron chi connectivity index (χ1n) is 6.14. The molecule has 0 atom stereocenters. The molecule has 4 heteroatoms. The molecule has 0 aliphatic heterocycles. The molecule has 0 radical (unpaired) electrons. The third kappa shape index (κ3) is 4.40. The molecule has 0 spiro atoms. The Bertz CT molecular complexity index is 333. The molecule has 1 heterocycles. The van der Waals surface area contributed by atoms with E-state index in [0.29, 0.717) is 12.6 Å². The summed E-state index contributed by atoms with van der Waals surface area (Å²) in [5.41, 5.74) is 0.674. The van der Waals surface area contributed by atoms with Gasteiger partial charge in [-0.05, 0) is 20.8 Å². The Morgan fingerprint density at radius 2 is 1.88 bits per heavy atom. The first kappa shape index (κ1) is 14.1. The zero-order valence-corrected chi connectivity index (χ0v) is 11.4. The smallest absolute Gasteiger partial charge is 0.159 e. The van der Waals surface area contributed by atoms with Crippen molar-refractivity contribution in [3.05, 3.63) is 23.8 Å². The standard InChI is InChI=1S/C13H23N3O/c1-6-17-13(4,5)12-15-8-11(9-16-12)7-14-10(2)3/h8-10,14H,6-7H2,1-5H3. The highest BCUT2D eigenvalue weighted by atomic mass is 16.5. The van der Waals surface area contributed by atoms with Crippen LogP contribution in [-0.2, 0) is 16.9 Å². The summed E-state index contributed by atoms with van der Waals surface area (Å²) in [4.78, 5) is 8.74. The Morgan fingerprint density at radius 1 is 1.29 bits per heavy atom. The van der Waals surface area contributed by atoms with E-state index in [-0.39, 0.29) is 0 Å². The summed E-state index contributed by atoms with van der Waals surface area (Å²) in [6, 6.07) is 0.467. The van der Waals surface area contributed by atoms with Gasteiger partial charge in [0.2, 0.25) is 0 Å². The minimum atomic E-state index is -0.418.